The van der Waals surface area contributed by atoms with E-state index in [4.69, 9.17) is 0 Å². The van der Waals surface area contributed by atoms with Gasteiger partial charge in [0.25, 0.3) is 5.91 Å². The predicted molar refractivity (Wildman–Crippen MR) is 97.7 cm³/mol. The zero-order valence-electron chi connectivity index (χ0n) is 14.3. The molecule has 1 aromatic carbocycles. The molecule has 1 aliphatic carbocycles. The third kappa shape index (κ3) is 3.73. The molecule has 1 aromatic rings. The van der Waals surface area contributed by atoms with Crippen molar-refractivity contribution in [2.45, 2.75) is 33.1 Å². The monoisotopic (exact) mass is 351 g/mol. The van der Waals surface area contributed by atoms with E-state index in [0.717, 1.165) is 43.6 Å². The number of nitrogens with one attached hydrogen (secondary N) is 3. The summed E-state index contributed by atoms with van der Waals surface area (Å²) < 4.78 is 0. The van der Waals surface area contributed by atoms with E-state index in [2.05, 4.69) is 16.0 Å². The summed E-state index contributed by atoms with van der Waals surface area (Å²) in [5, 5.41) is 9.19. The Labute approximate surface area is 149 Å². The quantitative estimate of drug-likeness (QED) is 0.780. The van der Waals surface area contributed by atoms with Gasteiger partial charge in [0.2, 0.25) is 5.91 Å². The number of aryl methyl sites for hydroxylation is 1. The SMILES string of the molecule is CCNC(=O)c1ccc(NC(=O)C2CC23CCNCC3)c(C)c1.Cl. The van der Waals surface area contributed by atoms with Gasteiger partial charge in [-0.15, -0.1) is 12.4 Å². The van der Waals surface area contributed by atoms with Crippen LogP contribution >= 0.6 is 12.4 Å². The van der Waals surface area contributed by atoms with Crippen molar-refractivity contribution in [1.82, 2.24) is 10.6 Å². The van der Waals surface area contributed by atoms with E-state index in [1.165, 1.54) is 0 Å². The highest BCUT2D eigenvalue weighted by Crippen LogP contribution is 2.58. The molecule has 5 nitrogen and oxygen atoms in total. The van der Waals surface area contributed by atoms with Crippen molar-refractivity contribution < 1.29 is 9.59 Å². The van der Waals surface area contributed by atoms with E-state index < -0.39 is 0 Å². The van der Waals surface area contributed by atoms with Gasteiger partial charge in [0.15, 0.2) is 0 Å². The number of rotatable bonds is 4. The Morgan fingerprint density at radius 2 is 2.00 bits per heavy atom. The first-order valence-electron chi connectivity index (χ1n) is 8.46. The minimum atomic E-state index is -0.0793. The van der Waals surface area contributed by atoms with Crippen molar-refractivity contribution in [2.75, 3.05) is 25.0 Å². The van der Waals surface area contributed by atoms with Crippen LogP contribution in [0.1, 0.15) is 42.1 Å². The molecular formula is C18H26ClN3O2. The molecule has 0 bridgehead atoms. The summed E-state index contributed by atoms with van der Waals surface area (Å²) in [5.74, 6) is 0.192. The number of benzene rings is 1. The van der Waals surface area contributed by atoms with Gasteiger partial charge >= 0.3 is 0 Å². The molecule has 1 unspecified atom stereocenters. The molecule has 0 radical (unpaired) electrons. The Hall–Kier alpha value is -1.59. The second kappa shape index (κ2) is 7.53. The highest BCUT2D eigenvalue weighted by Gasteiger charge is 2.57. The first-order chi connectivity index (χ1) is 11.1. The molecule has 3 rings (SSSR count). The molecule has 3 N–H and O–H groups in total. The molecule has 132 valence electrons. The van der Waals surface area contributed by atoms with Gasteiger partial charge in [-0.25, -0.2) is 0 Å². The van der Waals surface area contributed by atoms with Crippen LogP contribution in [0, 0.1) is 18.3 Å². The Balaban J connectivity index is 0.00000208. The second-order valence-corrected chi connectivity index (χ2v) is 6.75. The summed E-state index contributed by atoms with van der Waals surface area (Å²) in [6.45, 7) is 6.46. The average Bonchev–Trinajstić information content (AvgIpc) is 3.23. The van der Waals surface area contributed by atoms with E-state index >= 15 is 0 Å². The first kappa shape index (κ1) is 18.7. The number of anilines is 1. The van der Waals surface area contributed by atoms with E-state index in [0.29, 0.717) is 12.1 Å². The van der Waals surface area contributed by atoms with Crippen molar-refractivity contribution in [3.63, 3.8) is 0 Å². The van der Waals surface area contributed by atoms with E-state index in [-0.39, 0.29) is 35.6 Å². The normalized spacial score (nSPS) is 20.8. The maximum Gasteiger partial charge on any atom is 0.251 e. The third-order valence-corrected chi connectivity index (χ3v) is 5.19. The van der Waals surface area contributed by atoms with Crippen LogP contribution in [-0.4, -0.2) is 31.4 Å². The Morgan fingerprint density at radius 1 is 1.29 bits per heavy atom. The summed E-state index contributed by atoms with van der Waals surface area (Å²) in [5.41, 5.74) is 2.59. The number of piperidine rings is 1. The third-order valence-electron chi connectivity index (χ3n) is 5.19. The lowest BCUT2D eigenvalue weighted by Gasteiger charge is -2.23. The van der Waals surface area contributed by atoms with Gasteiger partial charge in [-0.1, -0.05) is 0 Å². The Morgan fingerprint density at radius 3 is 2.62 bits per heavy atom. The number of amides is 2. The fourth-order valence-electron chi connectivity index (χ4n) is 3.62. The number of hydrogen-bond acceptors (Lipinski definition) is 3. The molecule has 2 fully saturated rings. The summed E-state index contributed by atoms with van der Waals surface area (Å²) in [6.07, 6.45) is 3.21. The van der Waals surface area contributed by atoms with Crippen molar-refractivity contribution in [3.8, 4) is 0 Å². The minimum absolute atomic E-state index is 0. The van der Waals surface area contributed by atoms with Crippen molar-refractivity contribution in [2.24, 2.45) is 11.3 Å². The molecule has 1 saturated carbocycles. The molecule has 0 aromatic heterocycles. The van der Waals surface area contributed by atoms with Gasteiger partial charge in [0, 0.05) is 23.7 Å². The Bertz CT molecular complexity index is 627. The molecule has 1 atom stereocenters. The van der Waals surface area contributed by atoms with Crippen LogP contribution in [0.3, 0.4) is 0 Å². The van der Waals surface area contributed by atoms with E-state index in [1.807, 2.05) is 26.0 Å². The topological polar surface area (TPSA) is 70.2 Å². The van der Waals surface area contributed by atoms with Crippen molar-refractivity contribution >= 4 is 29.9 Å². The first-order valence-corrected chi connectivity index (χ1v) is 8.46. The van der Waals surface area contributed by atoms with Gasteiger partial charge in [0.05, 0.1) is 0 Å². The maximum atomic E-state index is 12.5. The summed E-state index contributed by atoms with van der Waals surface area (Å²) >= 11 is 0. The largest absolute Gasteiger partial charge is 0.352 e. The molecule has 1 heterocycles. The van der Waals surface area contributed by atoms with E-state index in [1.54, 1.807) is 6.07 Å². The van der Waals surface area contributed by atoms with Crippen LogP contribution < -0.4 is 16.0 Å². The highest BCUT2D eigenvalue weighted by molar-refractivity contribution is 5.98. The van der Waals surface area contributed by atoms with Crippen molar-refractivity contribution in [3.05, 3.63) is 29.3 Å². The van der Waals surface area contributed by atoms with Crippen LogP contribution in [-0.2, 0) is 4.79 Å². The molecule has 1 saturated heterocycles. The summed E-state index contributed by atoms with van der Waals surface area (Å²) in [6, 6.07) is 5.42. The van der Waals surface area contributed by atoms with Gasteiger partial charge < -0.3 is 16.0 Å². The molecule has 1 aliphatic heterocycles. The lowest BCUT2D eigenvalue weighted by atomic mass is 9.91. The van der Waals surface area contributed by atoms with Gasteiger partial charge in [-0.05, 0) is 75.4 Å². The summed E-state index contributed by atoms with van der Waals surface area (Å²) in [7, 11) is 0. The molecule has 2 aliphatic rings. The van der Waals surface area contributed by atoms with Crippen LogP contribution in [0.25, 0.3) is 0 Å². The smallest absolute Gasteiger partial charge is 0.251 e. The number of halogens is 1. The maximum absolute atomic E-state index is 12.5. The molecule has 1 spiro atoms. The molecule has 24 heavy (non-hydrogen) atoms. The van der Waals surface area contributed by atoms with Gasteiger partial charge in [-0.2, -0.15) is 0 Å². The fraction of sp³-hybridized carbons (Fsp3) is 0.556. The average molecular weight is 352 g/mol. The zero-order valence-corrected chi connectivity index (χ0v) is 15.1. The molecule has 2 amide bonds. The highest BCUT2D eigenvalue weighted by atomic mass is 35.5. The predicted octanol–water partition coefficient (Wildman–Crippen LogP) is 2.49. The minimum Gasteiger partial charge on any atom is -0.352 e. The summed E-state index contributed by atoms with van der Waals surface area (Å²) in [4.78, 5) is 24.4. The second-order valence-electron chi connectivity index (χ2n) is 6.75. The number of carbonyl (C=O) groups is 2. The van der Waals surface area contributed by atoms with Crippen LogP contribution in [0.4, 0.5) is 5.69 Å². The standard InChI is InChI=1S/C18H25N3O2.ClH/c1-3-20-16(22)13-4-5-15(12(2)10-13)21-17(23)14-11-18(14)6-8-19-9-7-18;/h4-5,10,14,19H,3,6-9,11H2,1-2H3,(H,20,22)(H,21,23);1H. The molecule has 6 heteroatoms. The molecular weight excluding hydrogens is 326 g/mol. The fourth-order valence-corrected chi connectivity index (χ4v) is 3.62. The van der Waals surface area contributed by atoms with Crippen LogP contribution in [0.15, 0.2) is 18.2 Å². The lowest BCUT2D eigenvalue weighted by Crippen LogP contribution is -2.31. The van der Waals surface area contributed by atoms with Crippen molar-refractivity contribution in [1.29, 1.82) is 0 Å². The lowest BCUT2D eigenvalue weighted by molar-refractivity contribution is -0.118. The zero-order chi connectivity index (χ0) is 16.4. The van der Waals surface area contributed by atoms with Crippen LogP contribution in [0.5, 0.6) is 0 Å². The van der Waals surface area contributed by atoms with Crippen LogP contribution in [0.2, 0.25) is 0 Å². The van der Waals surface area contributed by atoms with E-state index in [9.17, 15) is 9.59 Å². The van der Waals surface area contributed by atoms with Gasteiger partial charge in [-0.3, -0.25) is 9.59 Å². The Kier molecular flexibility index (Phi) is 5.88. The number of hydrogen-bond donors (Lipinski definition) is 3. The number of carbonyl (C=O) groups excluding carboxylic acids is 2. The van der Waals surface area contributed by atoms with Gasteiger partial charge in [0.1, 0.15) is 0 Å².